The lowest BCUT2D eigenvalue weighted by atomic mass is 10.0. The van der Waals surface area contributed by atoms with E-state index in [1.165, 1.54) is 7.11 Å². The number of aromatic nitrogens is 1. The molecule has 1 heterocycles. The van der Waals surface area contributed by atoms with Crippen LogP contribution in [0.1, 0.15) is 30.1 Å². The zero-order chi connectivity index (χ0) is 14.5. The number of fused-ring (bicyclic) bond motifs is 1. The number of ether oxygens (including phenoxy) is 1. The number of ketones is 1. The normalized spacial score (nSPS) is 11.6. The van der Waals surface area contributed by atoms with E-state index in [1.807, 2.05) is 31.2 Å². The van der Waals surface area contributed by atoms with E-state index in [1.54, 1.807) is 12.3 Å². The lowest BCUT2D eigenvalue weighted by Crippen LogP contribution is -2.14. The number of nitrogens with one attached hydrogen (secondary N) is 1. The maximum atomic E-state index is 12.5. The third-order valence-corrected chi connectivity index (χ3v) is 3.12. The topological polar surface area (TPSA) is 59.2 Å². The fraction of sp³-hybridized carbons (Fsp3) is 0.250. The van der Waals surface area contributed by atoms with Gasteiger partial charge in [-0.25, -0.2) is 4.79 Å². The molecule has 0 spiro atoms. The quantitative estimate of drug-likeness (QED) is 0.298. The maximum absolute atomic E-state index is 12.5. The van der Waals surface area contributed by atoms with Crippen LogP contribution in [0.4, 0.5) is 0 Å². The molecule has 0 amide bonds. The summed E-state index contributed by atoms with van der Waals surface area (Å²) in [4.78, 5) is 27.3. The van der Waals surface area contributed by atoms with Crippen LogP contribution in [0.2, 0.25) is 0 Å². The van der Waals surface area contributed by atoms with E-state index in [4.69, 9.17) is 4.74 Å². The molecular weight excluding hydrogens is 254 g/mol. The van der Waals surface area contributed by atoms with Crippen LogP contribution < -0.4 is 0 Å². The van der Waals surface area contributed by atoms with Crippen LogP contribution in [0.15, 0.2) is 42.1 Å². The summed E-state index contributed by atoms with van der Waals surface area (Å²) < 4.78 is 4.70. The van der Waals surface area contributed by atoms with Gasteiger partial charge in [-0.05, 0) is 12.5 Å². The van der Waals surface area contributed by atoms with Gasteiger partial charge >= 0.3 is 5.97 Å². The number of methoxy groups -OCH3 is 1. The molecule has 104 valence electrons. The fourth-order valence-corrected chi connectivity index (χ4v) is 2.07. The summed E-state index contributed by atoms with van der Waals surface area (Å²) in [5.74, 6) is -0.892. The van der Waals surface area contributed by atoms with E-state index in [2.05, 4.69) is 4.98 Å². The molecule has 20 heavy (non-hydrogen) atoms. The molecule has 0 aliphatic rings. The Kier molecular flexibility index (Phi) is 4.35. The van der Waals surface area contributed by atoms with Crippen molar-refractivity contribution < 1.29 is 14.3 Å². The zero-order valence-electron chi connectivity index (χ0n) is 11.6. The van der Waals surface area contributed by atoms with Gasteiger partial charge in [-0.3, -0.25) is 4.79 Å². The summed E-state index contributed by atoms with van der Waals surface area (Å²) in [6.45, 7) is 1.99. The first-order valence-corrected chi connectivity index (χ1v) is 6.58. The molecule has 1 aromatic heterocycles. The van der Waals surface area contributed by atoms with Crippen LogP contribution in [0.25, 0.3) is 10.9 Å². The van der Waals surface area contributed by atoms with Gasteiger partial charge in [0.2, 0.25) is 5.78 Å². The highest BCUT2D eigenvalue weighted by Gasteiger charge is 2.22. The largest absolute Gasteiger partial charge is 0.465 e. The minimum absolute atomic E-state index is 0.0964. The second-order valence-corrected chi connectivity index (χ2v) is 4.48. The minimum Gasteiger partial charge on any atom is -0.465 e. The van der Waals surface area contributed by atoms with E-state index in [0.717, 1.165) is 17.3 Å². The number of hydrogen-bond acceptors (Lipinski definition) is 3. The highest BCUT2D eigenvalue weighted by Crippen LogP contribution is 2.21. The van der Waals surface area contributed by atoms with Gasteiger partial charge in [-0.15, -0.1) is 0 Å². The number of carbonyl (C=O) groups excluding carboxylic acids is 2. The molecule has 0 saturated carbocycles. The molecule has 2 aromatic rings. The number of unbranched alkanes of at least 4 members (excludes halogenated alkanes) is 1. The Hall–Kier alpha value is -2.36. The molecular formula is C16H17NO3. The van der Waals surface area contributed by atoms with Crippen molar-refractivity contribution >= 4 is 22.7 Å². The number of benzene rings is 1. The number of aromatic amines is 1. The predicted octanol–water partition coefficient (Wildman–Crippen LogP) is 3.25. The fourth-order valence-electron chi connectivity index (χ4n) is 2.07. The molecule has 4 heteroatoms. The van der Waals surface area contributed by atoms with Crippen molar-refractivity contribution in [1.82, 2.24) is 4.98 Å². The number of rotatable bonds is 5. The third kappa shape index (κ3) is 2.64. The first-order chi connectivity index (χ1) is 9.69. The number of esters is 1. The molecule has 0 bridgehead atoms. The van der Waals surface area contributed by atoms with Gasteiger partial charge < -0.3 is 9.72 Å². The van der Waals surface area contributed by atoms with Crippen LogP contribution in [-0.2, 0) is 9.53 Å². The molecule has 0 unspecified atom stereocenters. The van der Waals surface area contributed by atoms with Crippen molar-refractivity contribution in [2.45, 2.75) is 19.8 Å². The van der Waals surface area contributed by atoms with Crippen molar-refractivity contribution in [3.8, 4) is 0 Å². The maximum Gasteiger partial charge on any atom is 0.341 e. The molecule has 0 saturated heterocycles. The number of H-pyrrole nitrogens is 1. The Morgan fingerprint density at radius 1 is 1.30 bits per heavy atom. The summed E-state index contributed by atoms with van der Waals surface area (Å²) in [6, 6.07) is 7.50. The van der Waals surface area contributed by atoms with Crippen LogP contribution in [0, 0.1) is 0 Å². The van der Waals surface area contributed by atoms with Crippen LogP contribution in [0.5, 0.6) is 0 Å². The molecule has 0 aliphatic carbocycles. The van der Waals surface area contributed by atoms with Crippen LogP contribution >= 0.6 is 0 Å². The Labute approximate surface area is 117 Å². The lowest BCUT2D eigenvalue weighted by molar-refractivity contribution is -0.135. The van der Waals surface area contributed by atoms with Crippen molar-refractivity contribution in [1.29, 1.82) is 0 Å². The van der Waals surface area contributed by atoms with E-state index in [0.29, 0.717) is 12.0 Å². The van der Waals surface area contributed by atoms with Gasteiger partial charge in [-0.2, -0.15) is 0 Å². The third-order valence-electron chi connectivity index (χ3n) is 3.12. The molecule has 4 nitrogen and oxygen atoms in total. The molecule has 0 aliphatic heterocycles. The average molecular weight is 271 g/mol. The standard InChI is InChI=1S/C16H17NO3/c1-3-4-7-12(16(19)20-2)15(18)13-10-17-14-9-6-5-8-11(13)14/h5-10,17H,3-4H2,1-2H3/b12-7-. The number of para-hydroxylation sites is 1. The zero-order valence-corrected chi connectivity index (χ0v) is 11.6. The monoisotopic (exact) mass is 271 g/mol. The molecule has 0 fully saturated rings. The van der Waals surface area contributed by atoms with E-state index >= 15 is 0 Å². The van der Waals surface area contributed by atoms with Gasteiger partial charge in [-0.1, -0.05) is 37.6 Å². The number of Topliss-reactive ketones (excluding diaryl/α,β-unsaturated/α-hetero) is 1. The Bertz CT molecular complexity index is 667. The number of allylic oxidation sites excluding steroid dienone is 1. The smallest absolute Gasteiger partial charge is 0.341 e. The van der Waals surface area contributed by atoms with Crippen molar-refractivity contribution in [2.75, 3.05) is 7.11 Å². The minimum atomic E-state index is -0.589. The van der Waals surface area contributed by atoms with Crippen molar-refractivity contribution in [3.63, 3.8) is 0 Å². The molecule has 1 aromatic carbocycles. The molecule has 1 N–H and O–H groups in total. The number of carbonyl (C=O) groups is 2. The Morgan fingerprint density at radius 3 is 2.75 bits per heavy atom. The summed E-state index contributed by atoms with van der Waals surface area (Å²) in [7, 11) is 1.28. The van der Waals surface area contributed by atoms with Crippen LogP contribution in [0.3, 0.4) is 0 Å². The van der Waals surface area contributed by atoms with Gasteiger partial charge in [0.1, 0.15) is 5.57 Å². The summed E-state index contributed by atoms with van der Waals surface area (Å²) >= 11 is 0. The average Bonchev–Trinajstić information content (AvgIpc) is 2.91. The molecule has 0 atom stereocenters. The number of hydrogen-bond donors (Lipinski definition) is 1. The summed E-state index contributed by atoms with van der Waals surface area (Å²) in [6.07, 6.45) is 4.81. The van der Waals surface area contributed by atoms with Gasteiger partial charge in [0, 0.05) is 22.7 Å². The van der Waals surface area contributed by atoms with Gasteiger partial charge in [0.25, 0.3) is 0 Å². The van der Waals surface area contributed by atoms with Gasteiger partial charge in [0.05, 0.1) is 7.11 Å². The first-order valence-electron chi connectivity index (χ1n) is 6.58. The lowest BCUT2D eigenvalue weighted by Gasteiger charge is -2.04. The summed E-state index contributed by atoms with van der Waals surface area (Å²) in [5, 5.41) is 0.809. The second-order valence-electron chi connectivity index (χ2n) is 4.48. The molecule has 0 radical (unpaired) electrons. The van der Waals surface area contributed by atoms with E-state index < -0.39 is 5.97 Å². The van der Waals surface area contributed by atoms with E-state index in [-0.39, 0.29) is 11.4 Å². The Balaban J connectivity index is 2.44. The highest BCUT2D eigenvalue weighted by molar-refractivity contribution is 6.27. The van der Waals surface area contributed by atoms with Crippen molar-refractivity contribution in [3.05, 3.63) is 47.7 Å². The van der Waals surface area contributed by atoms with Crippen molar-refractivity contribution in [2.24, 2.45) is 0 Å². The van der Waals surface area contributed by atoms with Gasteiger partial charge in [0.15, 0.2) is 0 Å². The van der Waals surface area contributed by atoms with E-state index in [9.17, 15) is 9.59 Å². The van der Waals surface area contributed by atoms with Crippen LogP contribution in [-0.4, -0.2) is 23.8 Å². The Morgan fingerprint density at radius 2 is 2.05 bits per heavy atom. The predicted molar refractivity (Wildman–Crippen MR) is 77.6 cm³/mol. The highest BCUT2D eigenvalue weighted by atomic mass is 16.5. The second kappa shape index (κ2) is 6.19. The summed E-state index contributed by atoms with van der Waals surface area (Å²) in [5.41, 5.74) is 1.46. The first kappa shape index (κ1) is 14.1. The molecule has 2 rings (SSSR count). The SMILES string of the molecule is CCC/C=C(\C(=O)OC)C(=O)c1c[nH]c2ccccc12.